The summed E-state index contributed by atoms with van der Waals surface area (Å²) in [7, 11) is 0. The van der Waals surface area contributed by atoms with E-state index < -0.39 is 28.8 Å². The summed E-state index contributed by atoms with van der Waals surface area (Å²) < 4.78 is 6.18. The van der Waals surface area contributed by atoms with E-state index in [9.17, 15) is 19.8 Å². The second-order valence-electron chi connectivity index (χ2n) is 9.90. The Bertz CT molecular complexity index is 852. The Morgan fingerprint density at radius 2 is 1.77 bits per heavy atom. The Morgan fingerprint density at radius 1 is 1.20 bits per heavy atom. The average molecular weight is 417 g/mol. The van der Waals surface area contributed by atoms with Crippen LogP contribution in [0, 0.1) is 11.3 Å². The van der Waals surface area contributed by atoms with Crippen molar-refractivity contribution < 1.29 is 24.5 Å². The van der Waals surface area contributed by atoms with Gasteiger partial charge in [0.25, 0.3) is 0 Å². The van der Waals surface area contributed by atoms with Crippen LogP contribution in [0.15, 0.2) is 46.0 Å². The summed E-state index contributed by atoms with van der Waals surface area (Å²) in [5.74, 6) is -1.08. The molecule has 2 atom stereocenters. The number of carbonyl (C=O) groups excluding carboxylic acids is 2. The predicted molar refractivity (Wildman–Crippen MR) is 118 cm³/mol. The van der Waals surface area contributed by atoms with Crippen LogP contribution >= 0.6 is 0 Å². The van der Waals surface area contributed by atoms with E-state index in [-0.39, 0.29) is 23.5 Å². The van der Waals surface area contributed by atoms with Crippen molar-refractivity contribution in [3.63, 3.8) is 0 Å². The van der Waals surface area contributed by atoms with Crippen LogP contribution < -0.4 is 0 Å². The van der Waals surface area contributed by atoms with E-state index in [1.807, 2.05) is 39.8 Å². The van der Waals surface area contributed by atoms with Gasteiger partial charge in [-0.1, -0.05) is 37.1 Å². The maximum atomic E-state index is 13.8. The third-order valence-corrected chi connectivity index (χ3v) is 5.82. The first-order valence-corrected chi connectivity index (χ1v) is 10.6. The fourth-order valence-electron chi connectivity index (χ4n) is 3.92. The number of hydrogen-bond donors (Lipinski definition) is 2. The first-order chi connectivity index (χ1) is 13.7. The fraction of sp³-hybridized carbons (Fsp3) is 0.600. The molecule has 1 saturated heterocycles. The smallest absolute Gasteiger partial charge is 0.184 e. The van der Waals surface area contributed by atoms with Crippen molar-refractivity contribution >= 4 is 11.6 Å². The van der Waals surface area contributed by atoms with E-state index in [2.05, 4.69) is 0 Å². The van der Waals surface area contributed by atoms with Gasteiger partial charge in [-0.2, -0.15) is 0 Å². The first kappa shape index (κ1) is 24.1. The molecule has 0 aromatic heterocycles. The van der Waals surface area contributed by atoms with Crippen LogP contribution in [-0.2, 0) is 14.3 Å². The third kappa shape index (κ3) is 4.46. The average Bonchev–Trinajstić information content (AvgIpc) is 3.01. The quantitative estimate of drug-likeness (QED) is 0.444. The number of Topliss-reactive ketones (excluding diaryl/α,β-unsaturated/α-hetero) is 2. The minimum Gasteiger partial charge on any atom is -0.507 e. The number of aliphatic hydroxyl groups is 2. The summed E-state index contributed by atoms with van der Waals surface area (Å²) in [4.78, 5) is 26.7. The lowest BCUT2D eigenvalue weighted by molar-refractivity contribution is -0.128. The highest BCUT2D eigenvalue weighted by atomic mass is 16.5. The van der Waals surface area contributed by atoms with Crippen molar-refractivity contribution in [2.45, 2.75) is 86.4 Å². The molecule has 0 spiro atoms. The summed E-state index contributed by atoms with van der Waals surface area (Å²) in [6.07, 6.45) is 4.25. The van der Waals surface area contributed by atoms with E-state index in [4.69, 9.17) is 4.74 Å². The van der Waals surface area contributed by atoms with Gasteiger partial charge in [0.2, 0.25) is 0 Å². The van der Waals surface area contributed by atoms with Crippen LogP contribution in [0.5, 0.6) is 0 Å². The normalized spacial score (nSPS) is 24.1. The zero-order chi connectivity index (χ0) is 23.0. The first-order valence-electron chi connectivity index (χ1n) is 10.6. The lowest BCUT2D eigenvalue weighted by atomic mass is 9.66. The zero-order valence-electron chi connectivity index (χ0n) is 19.5. The molecular weight excluding hydrogens is 380 g/mol. The molecule has 0 aromatic rings. The largest absolute Gasteiger partial charge is 0.507 e. The molecule has 30 heavy (non-hydrogen) atoms. The standard InChI is InChI=1S/C25H36O5/c1-14(2)9-10-17-21(27)19(20(26)16(5)6)22(28)25(12-11-15(3)4)13-18(24(7,8)29)30-23(17)25/h9,11,16,18,27,29H,10,12-13H2,1-8H3/t18-,25+/m0/s1. The zero-order valence-corrected chi connectivity index (χ0v) is 19.5. The molecule has 5 nitrogen and oxygen atoms in total. The molecule has 0 radical (unpaired) electrons. The Labute approximate surface area is 180 Å². The van der Waals surface area contributed by atoms with E-state index in [1.54, 1.807) is 27.7 Å². The van der Waals surface area contributed by atoms with Crippen LogP contribution in [0.1, 0.15) is 74.7 Å². The number of ketones is 2. The van der Waals surface area contributed by atoms with E-state index in [1.165, 1.54) is 0 Å². The number of rotatable bonds is 7. The van der Waals surface area contributed by atoms with Crippen molar-refractivity contribution in [3.8, 4) is 0 Å². The summed E-state index contributed by atoms with van der Waals surface area (Å²) in [5, 5.41) is 21.7. The number of fused-ring (bicyclic) bond motifs is 1. The van der Waals surface area contributed by atoms with Crippen LogP contribution in [0.2, 0.25) is 0 Å². The van der Waals surface area contributed by atoms with E-state index in [0.29, 0.717) is 24.2 Å². The van der Waals surface area contributed by atoms with Gasteiger partial charge in [-0.25, -0.2) is 0 Å². The molecule has 166 valence electrons. The maximum absolute atomic E-state index is 13.8. The number of allylic oxidation sites excluding steroid dienone is 7. The topological polar surface area (TPSA) is 83.8 Å². The molecule has 0 amide bonds. The van der Waals surface area contributed by atoms with Crippen LogP contribution in [0.25, 0.3) is 0 Å². The molecule has 1 aliphatic carbocycles. The number of carbonyl (C=O) groups is 2. The summed E-state index contributed by atoms with van der Waals surface area (Å²) in [6.45, 7) is 14.5. The van der Waals surface area contributed by atoms with Crippen molar-refractivity contribution in [2.75, 3.05) is 0 Å². The molecule has 0 saturated carbocycles. The van der Waals surface area contributed by atoms with Crippen LogP contribution in [-0.4, -0.2) is 33.5 Å². The van der Waals surface area contributed by atoms with E-state index >= 15 is 0 Å². The summed E-state index contributed by atoms with van der Waals surface area (Å²) in [5.41, 5.74) is 0.156. The molecule has 2 aliphatic rings. The summed E-state index contributed by atoms with van der Waals surface area (Å²) >= 11 is 0. The molecule has 1 aliphatic heterocycles. The van der Waals surface area contributed by atoms with Crippen molar-refractivity contribution in [3.05, 3.63) is 46.0 Å². The molecule has 0 bridgehead atoms. The van der Waals surface area contributed by atoms with Gasteiger partial charge in [0, 0.05) is 17.9 Å². The van der Waals surface area contributed by atoms with Crippen LogP contribution in [0.3, 0.4) is 0 Å². The van der Waals surface area contributed by atoms with Gasteiger partial charge < -0.3 is 14.9 Å². The Kier molecular flexibility index (Phi) is 6.87. The monoisotopic (exact) mass is 416 g/mol. The molecule has 5 heteroatoms. The SMILES string of the molecule is CC(C)=CCC1=C2O[C@H](C(C)(C)O)C[C@]2(CC=C(C)C)C(=O)C(C(=O)C(C)C)=C1O. The summed E-state index contributed by atoms with van der Waals surface area (Å²) in [6, 6.07) is 0. The molecule has 0 aromatic carbocycles. The molecule has 2 N–H and O–H groups in total. The highest BCUT2D eigenvalue weighted by molar-refractivity contribution is 6.25. The van der Waals surface area contributed by atoms with Crippen LogP contribution in [0.4, 0.5) is 0 Å². The Hall–Kier alpha value is -2.14. The minimum atomic E-state index is -1.18. The van der Waals surface area contributed by atoms with Gasteiger partial charge in [0.1, 0.15) is 23.2 Å². The lowest BCUT2D eigenvalue weighted by Gasteiger charge is -2.33. The van der Waals surface area contributed by atoms with Gasteiger partial charge in [0.15, 0.2) is 11.6 Å². The van der Waals surface area contributed by atoms with Gasteiger partial charge >= 0.3 is 0 Å². The Balaban J connectivity index is 2.80. The second-order valence-corrected chi connectivity index (χ2v) is 9.90. The third-order valence-electron chi connectivity index (χ3n) is 5.82. The molecular formula is C25H36O5. The predicted octanol–water partition coefficient (Wildman–Crippen LogP) is 5.12. The minimum absolute atomic E-state index is 0.131. The van der Waals surface area contributed by atoms with Gasteiger partial charge in [-0.05, 0) is 54.4 Å². The maximum Gasteiger partial charge on any atom is 0.184 e. The van der Waals surface area contributed by atoms with Crippen molar-refractivity contribution in [1.82, 2.24) is 0 Å². The van der Waals surface area contributed by atoms with Gasteiger partial charge in [0.05, 0.1) is 11.0 Å². The lowest BCUT2D eigenvalue weighted by Crippen LogP contribution is -2.41. The highest BCUT2D eigenvalue weighted by Crippen LogP contribution is 2.55. The van der Waals surface area contributed by atoms with Gasteiger partial charge in [-0.3, -0.25) is 9.59 Å². The fourth-order valence-corrected chi connectivity index (χ4v) is 3.92. The molecule has 1 heterocycles. The number of aliphatic hydroxyl groups excluding tert-OH is 1. The molecule has 1 fully saturated rings. The van der Waals surface area contributed by atoms with Crippen molar-refractivity contribution in [2.24, 2.45) is 11.3 Å². The molecule has 2 rings (SSSR count). The van der Waals surface area contributed by atoms with Crippen molar-refractivity contribution in [1.29, 1.82) is 0 Å². The highest BCUT2D eigenvalue weighted by Gasteiger charge is 2.59. The van der Waals surface area contributed by atoms with Gasteiger partial charge in [-0.15, -0.1) is 0 Å². The number of hydrogen-bond acceptors (Lipinski definition) is 5. The van der Waals surface area contributed by atoms with E-state index in [0.717, 1.165) is 11.1 Å². The Morgan fingerprint density at radius 3 is 2.23 bits per heavy atom. The number of ether oxygens (including phenoxy) is 1. The second kappa shape index (κ2) is 8.54. The molecule has 0 unspecified atom stereocenters.